The number of carbonyl (C=O) groups excluding carboxylic acids is 1. The van der Waals surface area contributed by atoms with Crippen molar-refractivity contribution in [2.45, 2.75) is 45.3 Å². The molecule has 0 bridgehead atoms. The Balaban J connectivity index is 2.16. The Labute approximate surface area is 114 Å². The highest BCUT2D eigenvalue weighted by Crippen LogP contribution is 2.55. The zero-order valence-corrected chi connectivity index (χ0v) is 11.8. The van der Waals surface area contributed by atoms with E-state index in [-0.39, 0.29) is 11.7 Å². The van der Waals surface area contributed by atoms with E-state index in [1.54, 1.807) is 0 Å². The molecule has 0 spiro atoms. The van der Waals surface area contributed by atoms with Crippen molar-refractivity contribution in [2.24, 2.45) is 17.3 Å². The van der Waals surface area contributed by atoms with E-state index in [0.29, 0.717) is 18.9 Å². The second-order valence-electron chi connectivity index (χ2n) is 6.59. The summed E-state index contributed by atoms with van der Waals surface area (Å²) < 4.78 is 5.92. The lowest BCUT2D eigenvalue weighted by Crippen LogP contribution is -2.62. The highest BCUT2D eigenvalue weighted by molar-refractivity contribution is 5.88. The number of fused-ring (bicyclic) bond motifs is 3. The Hall–Kier alpha value is -0.930. The van der Waals surface area contributed by atoms with Gasteiger partial charge < -0.3 is 9.84 Å². The number of aliphatic hydroxyl groups excluding tert-OH is 1. The first-order valence-corrected chi connectivity index (χ1v) is 7.15. The Morgan fingerprint density at radius 3 is 2.89 bits per heavy atom. The molecule has 1 saturated heterocycles. The van der Waals surface area contributed by atoms with Gasteiger partial charge in [-0.1, -0.05) is 25.2 Å². The monoisotopic (exact) mass is 262 g/mol. The van der Waals surface area contributed by atoms with Crippen molar-refractivity contribution in [2.75, 3.05) is 6.61 Å². The van der Waals surface area contributed by atoms with Crippen LogP contribution in [0.4, 0.5) is 0 Å². The molecule has 1 aliphatic heterocycles. The van der Waals surface area contributed by atoms with Crippen molar-refractivity contribution in [3.63, 3.8) is 0 Å². The molecule has 0 radical (unpaired) electrons. The van der Waals surface area contributed by atoms with E-state index >= 15 is 0 Å². The van der Waals surface area contributed by atoms with E-state index in [1.807, 2.05) is 26.0 Å². The summed E-state index contributed by atoms with van der Waals surface area (Å²) >= 11 is 0. The number of ketones is 1. The van der Waals surface area contributed by atoms with Crippen molar-refractivity contribution in [1.29, 1.82) is 0 Å². The number of hydrogen-bond acceptors (Lipinski definition) is 3. The van der Waals surface area contributed by atoms with Gasteiger partial charge in [0.25, 0.3) is 0 Å². The van der Waals surface area contributed by atoms with Crippen molar-refractivity contribution in [1.82, 2.24) is 0 Å². The van der Waals surface area contributed by atoms with Gasteiger partial charge in [0.1, 0.15) is 5.78 Å². The quantitative estimate of drug-likeness (QED) is 0.728. The molecule has 3 nitrogen and oxygen atoms in total. The summed E-state index contributed by atoms with van der Waals surface area (Å²) in [6.07, 6.45) is 6.96. The van der Waals surface area contributed by atoms with Crippen LogP contribution in [0, 0.1) is 17.3 Å². The molecule has 3 heteroatoms. The summed E-state index contributed by atoms with van der Waals surface area (Å²) in [5.41, 5.74) is -0.137. The number of Topliss-reactive ketones (excluding diaryl/α,β-unsaturated/α-hetero) is 1. The molecule has 1 N–H and O–H groups in total. The first kappa shape index (κ1) is 13.1. The number of carbonyl (C=O) groups is 1. The predicted molar refractivity (Wildman–Crippen MR) is 72.6 cm³/mol. The summed E-state index contributed by atoms with van der Waals surface area (Å²) in [4.78, 5) is 12.6. The highest BCUT2D eigenvalue weighted by atomic mass is 16.5. The van der Waals surface area contributed by atoms with Crippen LogP contribution in [0.2, 0.25) is 0 Å². The largest absolute Gasteiger partial charge is 0.392 e. The van der Waals surface area contributed by atoms with Gasteiger partial charge in [0, 0.05) is 12.3 Å². The van der Waals surface area contributed by atoms with Crippen LogP contribution >= 0.6 is 0 Å². The minimum absolute atomic E-state index is 0.133. The minimum atomic E-state index is -0.647. The Morgan fingerprint density at radius 2 is 2.16 bits per heavy atom. The molecule has 0 aromatic heterocycles. The molecule has 0 amide bonds. The topological polar surface area (TPSA) is 46.5 Å². The molecule has 3 rings (SSSR count). The number of allylic oxidation sites excluding steroid dienone is 2. The summed E-state index contributed by atoms with van der Waals surface area (Å²) in [7, 11) is 0. The smallest absolute Gasteiger partial charge is 0.144 e. The number of aliphatic hydroxyl groups is 1. The van der Waals surface area contributed by atoms with Crippen molar-refractivity contribution >= 4 is 5.78 Å². The number of ether oxygens (including phenoxy) is 1. The second-order valence-corrected chi connectivity index (χ2v) is 6.59. The van der Waals surface area contributed by atoms with Crippen LogP contribution in [0.3, 0.4) is 0 Å². The van der Waals surface area contributed by atoms with Crippen LogP contribution in [-0.2, 0) is 9.53 Å². The van der Waals surface area contributed by atoms with Crippen molar-refractivity contribution in [3.8, 4) is 0 Å². The fraction of sp³-hybridized carbons (Fsp3) is 0.688. The van der Waals surface area contributed by atoms with Gasteiger partial charge in [0.15, 0.2) is 0 Å². The van der Waals surface area contributed by atoms with Crippen molar-refractivity contribution in [3.05, 3.63) is 23.8 Å². The lowest BCUT2D eigenvalue weighted by Gasteiger charge is -2.55. The molecule has 0 aromatic carbocycles. The Morgan fingerprint density at radius 1 is 1.42 bits per heavy atom. The minimum Gasteiger partial charge on any atom is -0.392 e. The second kappa shape index (κ2) is 4.03. The molecular weight excluding hydrogens is 240 g/mol. The maximum atomic E-state index is 12.6. The van der Waals surface area contributed by atoms with Gasteiger partial charge in [-0.15, -0.1) is 0 Å². The maximum Gasteiger partial charge on any atom is 0.144 e. The maximum absolute atomic E-state index is 12.6. The van der Waals surface area contributed by atoms with Crippen molar-refractivity contribution < 1.29 is 14.6 Å². The third-order valence-electron chi connectivity index (χ3n) is 5.39. The molecule has 3 aliphatic rings. The predicted octanol–water partition coefficient (Wildman–Crippen LogP) is 2.25. The van der Waals surface area contributed by atoms with Crippen LogP contribution in [0.1, 0.15) is 33.6 Å². The number of hydrogen-bond donors (Lipinski definition) is 1. The lowest BCUT2D eigenvalue weighted by atomic mass is 9.53. The number of rotatable bonds is 0. The summed E-state index contributed by atoms with van der Waals surface area (Å²) in [5.74, 6) is 0.445. The normalized spacial score (nSPS) is 49.4. The molecule has 104 valence electrons. The Kier molecular flexibility index (Phi) is 2.77. The van der Waals surface area contributed by atoms with E-state index in [1.165, 1.54) is 0 Å². The lowest BCUT2D eigenvalue weighted by molar-refractivity contribution is -0.178. The third-order valence-corrected chi connectivity index (χ3v) is 5.39. The van der Waals surface area contributed by atoms with Gasteiger partial charge in [0.05, 0.1) is 23.7 Å². The molecule has 1 heterocycles. The van der Waals surface area contributed by atoms with Gasteiger partial charge in [-0.25, -0.2) is 0 Å². The fourth-order valence-corrected chi connectivity index (χ4v) is 4.12. The van der Waals surface area contributed by atoms with Crippen LogP contribution in [-0.4, -0.2) is 29.2 Å². The highest BCUT2D eigenvalue weighted by Gasteiger charge is 2.60. The van der Waals surface area contributed by atoms with Crippen LogP contribution in [0.15, 0.2) is 23.8 Å². The Bertz CT molecular complexity index is 478. The fourth-order valence-electron chi connectivity index (χ4n) is 4.12. The molecule has 19 heavy (non-hydrogen) atoms. The summed E-state index contributed by atoms with van der Waals surface area (Å²) in [6, 6.07) is 0. The zero-order chi connectivity index (χ0) is 13.8. The van der Waals surface area contributed by atoms with Gasteiger partial charge >= 0.3 is 0 Å². The average molecular weight is 262 g/mol. The summed E-state index contributed by atoms with van der Waals surface area (Å²) in [6.45, 7) is 6.53. The molecule has 0 saturated carbocycles. The van der Waals surface area contributed by atoms with Gasteiger partial charge in [-0.3, -0.25) is 4.79 Å². The van der Waals surface area contributed by atoms with E-state index in [2.05, 4.69) is 13.0 Å². The van der Waals surface area contributed by atoms with Crippen LogP contribution in [0.25, 0.3) is 0 Å². The van der Waals surface area contributed by atoms with Crippen LogP contribution < -0.4 is 0 Å². The molecule has 2 aliphatic carbocycles. The zero-order valence-electron chi connectivity index (χ0n) is 11.8. The average Bonchev–Trinajstić information content (AvgIpc) is 2.32. The first-order valence-electron chi connectivity index (χ1n) is 7.15. The molecule has 0 unspecified atom stereocenters. The molecule has 5 atom stereocenters. The summed E-state index contributed by atoms with van der Waals surface area (Å²) in [5, 5.41) is 10.5. The van der Waals surface area contributed by atoms with E-state index < -0.39 is 17.1 Å². The standard InChI is InChI=1S/C16H22O3/c1-10-8-11-4-6-15(2)16(3,13(18)5-7-19-15)14(11)12(17)9-10/h4,6,8,10,12,14,17H,5,7,9H2,1-3H3/t10-,12+,14-,15+,16-/m0/s1. The molecule has 1 fully saturated rings. The van der Waals surface area contributed by atoms with Gasteiger partial charge in [0.2, 0.25) is 0 Å². The van der Waals surface area contributed by atoms with E-state index in [4.69, 9.17) is 4.74 Å². The first-order chi connectivity index (χ1) is 8.88. The third kappa shape index (κ3) is 1.61. The van der Waals surface area contributed by atoms with Gasteiger partial charge in [-0.05, 0) is 31.8 Å². The van der Waals surface area contributed by atoms with Gasteiger partial charge in [-0.2, -0.15) is 0 Å². The molecular formula is C16H22O3. The van der Waals surface area contributed by atoms with E-state index in [9.17, 15) is 9.90 Å². The molecule has 0 aromatic rings. The van der Waals surface area contributed by atoms with Crippen LogP contribution in [0.5, 0.6) is 0 Å². The van der Waals surface area contributed by atoms with E-state index in [0.717, 1.165) is 12.0 Å². The SMILES string of the molecule is C[C@H]1C=C2C=C[C@@]3(C)OCCC(=O)[C@@]3(C)[C@@H]2[C@H](O)C1.